The number of nitrogens with zero attached hydrogens (tertiary/aromatic N) is 3. The monoisotopic (exact) mass is 280 g/mol. The quantitative estimate of drug-likeness (QED) is 0.806. The van der Waals surface area contributed by atoms with Crippen molar-refractivity contribution in [1.29, 1.82) is 0 Å². The van der Waals surface area contributed by atoms with E-state index in [9.17, 15) is 9.59 Å². The Morgan fingerprint density at radius 1 is 1.50 bits per heavy atom. The van der Waals surface area contributed by atoms with E-state index in [1.54, 1.807) is 25.3 Å². The Balaban J connectivity index is 2.16. The number of amides is 3. The number of nitrogens with one attached hydrogen (secondary N) is 1. The second-order valence-electron chi connectivity index (χ2n) is 5.20. The van der Waals surface area contributed by atoms with Gasteiger partial charge in [-0.2, -0.15) is 5.10 Å². The minimum Gasteiger partial charge on any atom is -0.385 e. The molecule has 1 aromatic heterocycles. The maximum absolute atomic E-state index is 11.8. The maximum atomic E-state index is 11.8. The van der Waals surface area contributed by atoms with Crippen LogP contribution in [0.4, 0.5) is 4.79 Å². The fourth-order valence-corrected chi connectivity index (χ4v) is 2.33. The van der Waals surface area contributed by atoms with E-state index < -0.39 is 5.54 Å². The summed E-state index contributed by atoms with van der Waals surface area (Å²) in [6.07, 6.45) is 4.70. The predicted octanol–water partition coefficient (Wildman–Crippen LogP) is 0.706. The van der Waals surface area contributed by atoms with Crippen molar-refractivity contribution in [3.63, 3.8) is 0 Å². The fraction of sp³-hybridized carbons (Fsp3) is 0.615. The van der Waals surface area contributed by atoms with Crippen LogP contribution in [0.1, 0.15) is 25.3 Å². The Bertz CT molecular complexity index is 513. The lowest BCUT2D eigenvalue weighted by molar-refractivity contribution is -0.124. The third kappa shape index (κ3) is 2.67. The first-order valence-corrected chi connectivity index (χ1v) is 6.57. The number of urea groups is 1. The molecule has 0 radical (unpaired) electrons. The topological polar surface area (TPSA) is 76.5 Å². The van der Waals surface area contributed by atoms with Gasteiger partial charge in [-0.05, 0) is 13.3 Å². The second-order valence-corrected chi connectivity index (χ2v) is 5.20. The number of ether oxygens (including phenoxy) is 1. The zero-order valence-electron chi connectivity index (χ0n) is 12.0. The number of hydrogen-bond donors (Lipinski definition) is 1. The first-order valence-electron chi connectivity index (χ1n) is 6.57. The van der Waals surface area contributed by atoms with E-state index in [4.69, 9.17) is 4.74 Å². The molecule has 7 nitrogen and oxygen atoms in total. The van der Waals surface area contributed by atoms with Gasteiger partial charge in [0.25, 0.3) is 0 Å². The molecule has 1 fully saturated rings. The summed E-state index contributed by atoms with van der Waals surface area (Å²) in [6, 6.07) is -0.379. The molecule has 0 saturated carbocycles. The van der Waals surface area contributed by atoms with Crippen LogP contribution in [-0.4, -0.2) is 47.4 Å². The van der Waals surface area contributed by atoms with Crippen LogP contribution in [0.25, 0.3) is 0 Å². The standard InChI is InChI=1S/C13H20N4O3/c1-13(7-11(18)15-12(19)16(13)2)10-8-14-17(9-10)5-4-6-20-3/h8-9H,4-7H2,1-3H3,(H,15,18,19). The van der Waals surface area contributed by atoms with Crippen LogP contribution in [0.2, 0.25) is 0 Å². The molecule has 1 aliphatic rings. The van der Waals surface area contributed by atoms with Crippen molar-refractivity contribution < 1.29 is 14.3 Å². The van der Waals surface area contributed by atoms with E-state index in [2.05, 4.69) is 10.4 Å². The molecule has 20 heavy (non-hydrogen) atoms. The van der Waals surface area contributed by atoms with Crippen molar-refractivity contribution in [2.24, 2.45) is 0 Å². The van der Waals surface area contributed by atoms with E-state index in [1.807, 2.05) is 17.8 Å². The molecule has 0 bridgehead atoms. The van der Waals surface area contributed by atoms with Crippen molar-refractivity contribution in [3.8, 4) is 0 Å². The van der Waals surface area contributed by atoms with Crippen LogP contribution >= 0.6 is 0 Å². The number of hydrogen-bond acceptors (Lipinski definition) is 4. The number of imide groups is 1. The van der Waals surface area contributed by atoms with Crippen LogP contribution < -0.4 is 5.32 Å². The molecule has 0 aliphatic carbocycles. The average molecular weight is 280 g/mol. The van der Waals surface area contributed by atoms with E-state index in [0.29, 0.717) is 6.61 Å². The molecule has 0 spiro atoms. The van der Waals surface area contributed by atoms with Gasteiger partial charge in [-0.3, -0.25) is 14.8 Å². The van der Waals surface area contributed by atoms with Gasteiger partial charge in [-0.15, -0.1) is 0 Å². The predicted molar refractivity (Wildman–Crippen MR) is 72.0 cm³/mol. The molecule has 110 valence electrons. The van der Waals surface area contributed by atoms with Crippen molar-refractivity contribution in [2.45, 2.75) is 31.8 Å². The Kier molecular flexibility index (Phi) is 4.08. The van der Waals surface area contributed by atoms with Crippen molar-refractivity contribution in [2.75, 3.05) is 20.8 Å². The first-order chi connectivity index (χ1) is 9.47. The summed E-state index contributed by atoms with van der Waals surface area (Å²) >= 11 is 0. The number of carbonyl (C=O) groups is 2. The highest BCUT2D eigenvalue weighted by Crippen LogP contribution is 2.32. The van der Waals surface area contributed by atoms with Gasteiger partial charge in [0, 0.05) is 39.1 Å². The number of aryl methyl sites for hydroxylation is 1. The molecule has 2 rings (SSSR count). The Hall–Kier alpha value is -1.89. The van der Waals surface area contributed by atoms with Crippen LogP contribution in [0.3, 0.4) is 0 Å². The van der Waals surface area contributed by atoms with Gasteiger partial charge in [-0.25, -0.2) is 4.79 Å². The SMILES string of the molecule is COCCCn1cc(C2(C)CC(=O)NC(=O)N2C)cn1. The minimum atomic E-state index is -0.654. The van der Waals surface area contributed by atoms with E-state index in [1.165, 1.54) is 0 Å². The molecule has 1 saturated heterocycles. The number of methoxy groups -OCH3 is 1. The summed E-state index contributed by atoms with van der Waals surface area (Å²) in [5, 5.41) is 6.59. The molecule has 1 aromatic rings. The molecule has 1 atom stereocenters. The number of carbonyl (C=O) groups excluding carboxylic acids is 2. The van der Waals surface area contributed by atoms with Crippen molar-refractivity contribution in [3.05, 3.63) is 18.0 Å². The zero-order chi connectivity index (χ0) is 14.8. The van der Waals surface area contributed by atoms with Crippen LogP contribution in [0, 0.1) is 0 Å². The van der Waals surface area contributed by atoms with Crippen LogP contribution in [0.15, 0.2) is 12.4 Å². The summed E-state index contributed by atoms with van der Waals surface area (Å²) in [4.78, 5) is 24.9. The third-order valence-corrected chi connectivity index (χ3v) is 3.79. The van der Waals surface area contributed by atoms with Gasteiger partial charge >= 0.3 is 6.03 Å². The number of rotatable bonds is 5. The lowest BCUT2D eigenvalue weighted by Crippen LogP contribution is -2.57. The van der Waals surface area contributed by atoms with Gasteiger partial charge in [0.2, 0.25) is 5.91 Å². The Morgan fingerprint density at radius 3 is 2.95 bits per heavy atom. The number of aromatic nitrogens is 2. The highest BCUT2D eigenvalue weighted by molar-refractivity contribution is 5.97. The fourth-order valence-electron chi connectivity index (χ4n) is 2.33. The summed E-state index contributed by atoms with van der Waals surface area (Å²) in [6.45, 7) is 3.29. The van der Waals surface area contributed by atoms with E-state index in [0.717, 1.165) is 18.5 Å². The van der Waals surface area contributed by atoms with Gasteiger partial charge in [0.1, 0.15) is 0 Å². The molecule has 2 heterocycles. The van der Waals surface area contributed by atoms with Crippen LogP contribution in [-0.2, 0) is 21.6 Å². The normalized spacial score (nSPS) is 23.1. The molecule has 7 heteroatoms. The van der Waals surface area contributed by atoms with Gasteiger partial charge in [0.05, 0.1) is 18.2 Å². The van der Waals surface area contributed by atoms with Crippen molar-refractivity contribution in [1.82, 2.24) is 20.0 Å². The van der Waals surface area contributed by atoms with Gasteiger partial charge in [0.15, 0.2) is 0 Å². The largest absolute Gasteiger partial charge is 0.385 e. The second kappa shape index (κ2) is 5.62. The van der Waals surface area contributed by atoms with Crippen LogP contribution in [0.5, 0.6) is 0 Å². The average Bonchev–Trinajstić information content (AvgIpc) is 2.85. The summed E-state index contributed by atoms with van der Waals surface area (Å²) in [7, 11) is 3.35. The first kappa shape index (κ1) is 14.5. The molecule has 0 aromatic carbocycles. The maximum Gasteiger partial charge on any atom is 0.324 e. The lowest BCUT2D eigenvalue weighted by atomic mass is 9.87. The lowest BCUT2D eigenvalue weighted by Gasteiger charge is -2.41. The summed E-state index contributed by atoms with van der Waals surface area (Å²) < 4.78 is 6.81. The Labute approximate surface area is 117 Å². The molecular formula is C13H20N4O3. The van der Waals surface area contributed by atoms with Crippen molar-refractivity contribution >= 4 is 11.9 Å². The Morgan fingerprint density at radius 2 is 2.25 bits per heavy atom. The molecule has 3 amide bonds. The molecule has 1 aliphatic heterocycles. The minimum absolute atomic E-state index is 0.235. The highest BCUT2D eigenvalue weighted by atomic mass is 16.5. The van der Waals surface area contributed by atoms with E-state index >= 15 is 0 Å². The summed E-state index contributed by atoms with van der Waals surface area (Å²) in [5.41, 5.74) is 0.208. The zero-order valence-corrected chi connectivity index (χ0v) is 12.0. The van der Waals surface area contributed by atoms with Gasteiger partial charge in [-0.1, -0.05) is 0 Å². The highest BCUT2D eigenvalue weighted by Gasteiger charge is 2.42. The van der Waals surface area contributed by atoms with E-state index in [-0.39, 0.29) is 18.4 Å². The molecule has 1 N–H and O–H groups in total. The summed E-state index contributed by atoms with van der Waals surface area (Å²) in [5.74, 6) is -0.261. The third-order valence-electron chi connectivity index (χ3n) is 3.79. The molecular weight excluding hydrogens is 260 g/mol. The smallest absolute Gasteiger partial charge is 0.324 e. The van der Waals surface area contributed by atoms with Gasteiger partial charge < -0.3 is 9.64 Å². The molecule has 1 unspecified atom stereocenters.